The van der Waals surface area contributed by atoms with Crippen LogP contribution in [0.25, 0.3) is 22.8 Å². The number of nitrogens with zero attached hydrogens (tertiary/aromatic N) is 2. The number of para-hydroxylation sites is 2. The first kappa shape index (κ1) is 12.6. The number of benzene rings is 2. The van der Waals surface area contributed by atoms with E-state index < -0.39 is 0 Å². The molecule has 1 aromatic heterocycles. The van der Waals surface area contributed by atoms with Crippen molar-refractivity contribution in [1.29, 1.82) is 0 Å². The molecule has 3 aromatic rings. The third-order valence-corrected chi connectivity index (χ3v) is 3.29. The average Bonchev–Trinajstić information content (AvgIpc) is 2.47. The van der Waals surface area contributed by atoms with Gasteiger partial charge in [-0.05, 0) is 24.3 Å². The summed E-state index contributed by atoms with van der Waals surface area (Å²) in [7, 11) is 0. The number of aromatic nitrogens is 2. The Morgan fingerprint density at radius 3 is 2.50 bits per heavy atom. The summed E-state index contributed by atoms with van der Waals surface area (Å²) in [6.07, 6.45) is 3.48. The van der Waals surface area contributed by atoms with Gasteiger partial charge >= 0.3 is 0 Å². The Hall–Kier alpha value is -2.39. The van der Waals surface area contributed by atoms with E-state index in [1.54, 1.807) is 12.3 Å². The second-order valence-electron chi connectivity index (χ2n) is 4.36. The maximum Gasteiger partial charge on any atom is 0.0894 e. The van der Waals surface area contributed by atoms with Crippen LogP contribution >= 0.6 is 11.6 Å². The fraction of sp³-hybridized carbons (Fsp3) is 0. The van der Waals surface area contributed by atoms with Crippen molar-refractivity contribution >= 4 is 34.4 Å². The summed E-state index contributed by atoms with van der Waals surface area (Å²) >= 11 is 6.12. The van der Waals surface area contributed by atoms with E-state index in [4.69, 9.17) is 17.3 Å². The largest absolute Gasteiger partial charge is 0.398 e. The Kier molecular flexibility index (Phi) is 3.35. The van der Waals surface area contributed by atoms with Gasteiger partial charge < -0.3 is 5.73 Å². The SMILES string of the molecule is NC(=Cc1cnc2ccccc2n1)c1ccccc1Cl. The molecule has 0 aliphatic heterocycles. The molecule has 3 rings (SSSR count). The quantitative estimate of drug-likeness (QED) is 0.778. The number of hydrogen-bond acceptors (Lipinski definition) is 3. The van der Waals surface area contributed by atoms with Gasteiger partial charge in [0, 0.05) is 16.3 Å². The molecule has 20 heavy (non-hydrogen) atoms. The van der Waals surface area contributed by atoms with Crippen molar-refractivity contribution in [3.8, 4) is 0 Å². The first-order valence-electron chi connectivity index (χ1n) is 6.18. The van der Waals surface area contributed by atoms with Crippen LogP contribution in [0.2, 0.25) is 5.02 Å². The molecule has 4 heteroatoms. The van der Waals surface area contributed by atoms with E-state index in [-0.39, 0.29) is 0 Å². The van der Waals surface area contributed by atoms with Crippen LogP contribution in [0.3, 0.4) is 0 Å². The summed E-state index contributed by atoms with van der Waals surface area (Å²) in [6, 6.07) is 15.2. The minimum Gasteiger partial charge on any atom is -0.398 e. The highest BCUT2D eigenvalue weighted by molar-refractivity contribution is 6.32. The number of rotatable bonds is 2. The zero-order valence-corrected chi connectivity index (χ0v) is 11.4. The Morgan fingerprint density at radius 2 is 1.70 bits per heavy atom. The van der Waals surface area contributed by atoms with Crippen molar-refractivity contribution in [2.24, 2.45) is 5.73 Å². The molecule has 0 spiro atoms. The molecule has 0 bridgehead atoms. The highest BCUT2D eigenvalue weighted by Gasteiger charge is 2.03. The highest BCUT2D eigenvalue weighted by atomic mass is 35.5. The summed E-state index contributed by atoms with van der Waals surface area (Å²) in [5.41, 5.74) is 9.86. The number of fused-ring (bicyclic) bond motifs is 1. The lowest BCUT2D eigenvalue weighted by Gasteiger charge is -2.04. The van der Waals surface area contributed by atoms with Gasteiger partial charge in [-0.15, -0.1) is 0 Å². The summed E-state index contributed by atoms with van der Waals surface area (Å²) in [6.45, 7) is 0. The first-order chi connectivity index (χ1) is 9.74. The Bertz CT molecular complexity index is 796. The summed E-state index contributed by atoms with van der Waals surface area (Å²) in [5.74, 6) is 0. The third kappa shape index (κ3) is 2.49. The molecule has 0 unspecified atom stereocenters. The van der Waals surface area contributed by atoms with E-state index in [2.05, 4.69) is 9.97 Å². The fourth-order valence-corrected chi connectivity index (χ4v) is 2.22. The van der Waals surface area contributed by atoms with Crippen molar-refractivity contribution in [1.82, 2.24) is 9.97 Å². The third-order valence-electron chi connectivity index (χ3n) is 2.96. The summed E-state index contributed by atoms with van der Waals surface area (Å²) < 4.78 is 0. The molecule has 0 aliphatic carbocycles. The van der Waals surface area contributed by atoms with E-state index >= 15 is 0 Å². The number of nitrogens with two attached hydrogens (primary N) is 1. The zero-order valence-electron chi connectivity index (χ0n) is 10.6. The Labute approximate surface area is 121 Å². The van der Waals surface area contributed by atoms with E-state index in [0.717, 1.165) is 16.6 Å². The maximum absolute atomic E-state index is 6.12. The Morgan fingerprint density at radius 1 is 1.00 bits per heavy atom. The molecule has 1 heterocycles. The molecule has 98 valence electrons. The predicted molar refractivity (Wildman–Crippen MR) is 83.0 cm³/mol. The average molecular weight is 282 g/mol. The molecule has 0 fully saturated rings. The van der Waals surface area contributed by atoms with E-state index in [9.17, 15) is 0 Å². The van der Waals surface area contributed by atoms with Crippen LogP contribution < -0.4 is 5.73 Å². The van der Waals surface area contributed by atoms with E-state index in [1.165, 1.54) is 0 Å². The normalized spacial score (nSPS) is 11.8. The number of halogens is 1. The first-order valence-corrected chi connectivity index (χ1v) is 6.56. The van der Waals surface area contributed by atoms with Crippen molar-refractivity contribution in [3.05, 3.63) is 71.0 Å². The van der Waals surface area contributed by atoms with Crippen molar-refractivity contribution in [3.63, 3.8) is 0 Å². The van der Waals surface area contributed by atoms with Gasteiger partial charge in [-0.1, -0.05) is 41.9 Å². The molecule has 0 aliphatic rings. The van der Waals surface area contributed by atoms with Gasteiger partial charge in [0.2, 0.25) is 0 Å². The van der Waals surface area contributed by atoms with Gasteiger partial charge in [-0.2, -0.15) is 0 Å². The van der Waals surface area contributed by atoms with E-state index in [1.807, 2.05) is 48.5 Å². The lowest BCUT2D eigenvalue weighted by Crippen LogP contribution is -1.98. The number of hydrogen-bond donors (Lipinski definition) is 1. The highest BCUT2D eigenvalue weighted by Crippen LogP contribution is 2.21. The molecule has 3 nitrogen and oxygen atoms in total. The smallest absolute Gasteiger partial charge is 0.0894 e. The van der Waals surface area contributed by atoms with Crippen molar-refractivity contribution < 1.29 is 0 Å². The van der Waals surface area contributed by atoms with Crippen LogP contribution in [0.1, 0.15) is 11.3 Å². The predicted octanol–water partition coefficient (Wildman–Crippen LogP) is 3.74. The molecular weight excluding hydrogens is 270 g/mol. The zero-order chi connectivity index (χ0) is 13.9. The van der Waals surface area contributed by atoms with Crippen molar-refractivity contribution in [2.75, 3.05) is 0 Å². The molecular formula is C16H12ClN3. The minimum atomic E-state index is 0.570. The molecule has 0 atom stereocenters. The molecule has 2 aromatic carbocycles. The minimum absolute atomic E-state index is 0.570. The van der Waals surface area contributed by atoms with Crippen LogP contribution in [0, 0.1) is 0 Å². The second kappa shape index (κ2) is 5.31. The standard InChI is InChI=1S/C16H12ClN3/c17-13-6-2-1-5-12(13)14(18)9-11-10-19-15-7-3-4-8-16(15)20-11/h1-10H,18H2. The lowest BCUT2D eigenvalue weighted by molar-refractivity contribution is 1.26. The molecule has 0 saturated heterocycles. The van der Waals surface area contributed by atoms with Crippen molar-refractivity contribution in [2.45, 2.75) is 0 Å². The maximum atomic E-state index is 6.12. The van der Waals surface area contributed by atoms with Gasteiger partial charge in [0.1, 0.15) is 0 Å². The van der Waals surface area contributed by atoms with Gasteiger partial charge in [0.05, 0.1) is 22.9 Å². The Balaban J connectivity index is 2.03. The van der Waals surface area contributed by atoms with Crippen LogP contribution in [-0.4, -0.2) is 9.97 Å². The fourth-order valence-electron chi connectivity index (χ4n) is 1.97. The van der Waals surface area contributed by atoms with Gasteiger partial charge in [0.15, 0.2) is 0 Å². The lowest BCUT2D eigenvalue weighted by atomic mass is 10.1. The van der Waals surface area contributed by atoms with E-state index in [0.29, 0.717) is 16.4 Å². The van der Waals surface area contributed by atoms with Gasteiger partial charge in [-0.25, -0.2) is 4.98 Å². The molecule has 0 amide bonds. The second-order valence-corrected chi connectivity index (χ2v) is 4.77. The van der Waals surface area contributed by atoms with Gasteiger partial charge in [-0.3, -0.25) is 4.98 Å². The monoisotopic (exact) mass is 281 g/mol. The van der Waals surface area contributed by atoms with Crippen LogP contribution in [0.4, 0.5) is 0 Å². The van der Waals surface area contributed by atoms with Crippen LogP contribution in [-0.2, 0) is 0 Å². The molecule has 0 saturated carbocycles. The molecule has 2 N–H and O–H groups in total. The van der Waals surface area contributed by atoms with Gasteiger partial charge in [0.25, 0.3) is 0 Å². The summed E-state index contributed by atoms with van der Waals surface area (Å²) in [5, 5.41) is 0.620. The molecule has 0 radical (unpaired) electrons. The van der Waals surface area contributed by atoms with Crippen LogP contribution in [0.5, 0.6) is 0 Å². The topological polar surface area (TPSA) is 51.8 Å². The summed E-state index contributed by atoms with van der Waals surface area (Å²) in [4.78, 5) is 8.86. The van der Waals surface area contributed by atoms with Crippen LogP contribution in [0.15, 0.2) is 54.7 Å².